The Morgan fingerprint density at radius 1 is 1.33 bits per heavy atom. The summed E-state index contributed by atoms with van der Waals surface area (Å²) in [6.45, 7) is 4.64. The number of rotatable bonds is 5. The van der Waals surface area contributed by atoms with Crippen LogP contribution >= 0.6 is 12.2 Å². The second-order valence-corrected chi connectivity index (χ2v) is 5.47. The monoisotopic (exact) mass is 306 g/mol. The number of nitrogens with zero attached hydrogens (tertiary/aromatic N) is 5. The molecule has 0 aromatic carbocycles. The number of nitrogens with one attached hydrogen (secondary N) is 1. The van der Waals surface area contributed by atoms with Crippen LogP contribution in [0.25, 0.3) is 11.2 Å². The molecule has 0 aliphatic carbocycles. The van der Waals surface area contributed by atoms with Crippen molar-refractivity contribution in [3.63, 3.8) is 0 Å². The average molecular weight is 306 g/mol. The number of hydrogen-bond donors (Lipinski definition) is 1. The summed E-state index contributed by atoms with van der Waals surface area (Å²) in [6.07, 6.45) is 2.64. The maximum atomic E-state index is 5.43. The molecule has 0 spiro atoms. The Kier molecular flexibility index (Phi) is 3.62. The summed E-state index contributed by atoms with van der Waals surface area (Å²) in [4.78, 5) is 7.49. The maximum Gasteiger partial charge on any atom is 0.228 e. The average Bonchev–Trinajstić information content (AvgIpc) is 3.07. The first-order valence-corrected chi connectivity index (χ1v) is 7.44. The van der Waals surface area contributed by atoms with E-state index in [-0.39, 0.29) is 0 Å². The molecule has 0 bridgehead atoms. The summed E-state index contributed by atoms with van der Waals surface area (Å²) in [6, 6.07) is 0. The Morgan fingerprint density at radius 3 is 2.81 bits per heavy atom. The van der Waals surface area contributed by atoms with Gasteiger partial charge in [0.1, 0.15) is 5.52 Å². The molecule has 3 heterocycles. The molecule has 0 unspecified atom stereocenters. The van der Waals surface area contributed by atoms with Gasteiger partial charge in [0, 0.05) is 20.0 Å². The van der Waals surface area contributed by atoms with Gasteiger partial charge in [0.25, 0.3) is 0 Å². The van der Waals surface area contributed by atoms with Crippen LogP contribution in [0.2, 0.25) is 0 Å². The summed E-state index contributed by atoms with van der Waals surface area (Å²) in [5, 5.41) is 8.37. The van der Waals surface area contributed by atoms with Gasteiger partial charge in [0.2, 0.25) is 5.89 Å². The number of hydrogen-bond acceptors (Lipinski definition) is 5. The van der Waals surface area contributed by atoms with Crippen LogP contribution in [-0.2, 0) is 26.4 Å². The first-order chi connectivity index (χ1) is 10.1. The Balaban J connectivity index is 1.94. The van der Waals surface area contributed by atoms with Gasteiger partial charge >= 0.3 is 0 Å². The van der Waals surface area contributed by atoms with Gasteiger partial charge in [0.05, 0.1) is 5.69 Å². The molecule has 0 aliphatic heterocycles. The number of fused-ring (bicyclic) bond motifs is 1. The number of aromatic nitrogens is 6. The van der Waals surface area contributed by atoms with Crippen LogP contribution in [0, 0.1) is 11.7 Å². The molecular weight excluding hydrogens is 288 g/mol. The third kappa shape index (κ3) is 2.51. The van der Waals surface area contributed by atoms with E-state index in [0.717, 1.165) is 29.7 Å². The van der Waals surface area contributed by atoms with E-state index in [9.17, 15) is 0 Å². The third-order valence-corrected chi connectivity index (χ3v) is 3.75. The van der Waals surface area contributed by atoms with E-state index < -0.39 is 0 Å². The molecule has 8 heteroatoms. The summed E-state index contributed by atoms with van der Waals surface area (Å²) >= 11 is 5.43. The minimum Gasteiger partial charge on any atom is -0.339 e. The van der Waals surface area contributed by atoms with E-state index >= 15 is 0 Å². The summed E-state index contributed by atoms with van der Waals surface area (Å²) in [5.74, 6) is 1.28. The van der Waals surface area contributed by atoms with Crippen molar-refractivity contribution in [2.75, 3.05) is 0 Å². The van der Waals surface area contributed by atoms with Crippen molar-refractivity contribution in [2.24, 2.45) is 7.05 Å². The zero-order valence-electron chi connectivity index (χ0n) is 12.4. The van der Waals surface area contributed by atoms with Crippen molar-refractivity contribution in [3.05, 3.63) is 22.2 Å². The molecule has 3 aromatic heterocycles. The van der Waals surface area contributed by atoms with E-state index in [1.165, 1.54) is 0 Å². The van der Waals surface area contributed by atoms with E-state index in [1.807, 2.05) is 23.2 Å². The number of aryl methyl sites for hydroxylation is 5. The van der Waals surface area contributed by atoms with Gasteiger partial charge in [-0.25, -0.2) is 0 Å². The SMILES string of the molecule is CCCc1nn(C)c2c1[nH]c(=S)n2CCc1nc(C)no1. The van der Waals surface area contributed by atoms with Crippen LogP contribution in [0.5, 0.6) is 0 Å². The predicted molar refractivity (Wildman–Crippen MR) is 80.6 cm³/mol. The van der Waals surface area contributed by atoms with Crippen molar-refractivity contribution in [2.45, 2.75) is 39.7 Å². The second kappa shape index (κ2) is 5.44. The number of H-pyrrole nitrogens is 1. The first-order valence-electron chi connectivity index (χ1n) is 7.03. The van der Waals surface area contributed by atoms with Crippen molar-refractivity contribution in [1.29, 1.82) is 0 Å². The van der Waals surface area contributed by atoms with E-state index in [2.05, 4.69) is 27.1 Å². The lowest BCUT2D eigenvalue weighted by Crippen LogP contribution is -2.05. The quantitative estimate of drug-likeness (QED) is 0.732. The van der Waals surface area contributed by atoms with Crippen LogP contribution in [0.3, 0.4) is 0 Å². The second-order valence-electron chi connectivity index (χ2n) is 5.09. The van der Waals surface area contributed by atoms with Crippen molar-refractivity contribution in [1.82, 2.24) is 29.5 Å². The van der Waals surface area contributed by atoms with Gasteiger partial charge in [-0.3, -0.25) is 4.68 Å². The third-order valence-electron chi connectivity index (χ3n) is 3.43. The lowest BCUT2D eigenvalue weighted by molar-refractivity contribution is 0.368. The Labute approximate surface area is 127 Å². The molecule has 3 rings (SSSR count). The molecule has 0 radical (unpaired) electrons. The standard InChI is InChI=1S/C13H18N6OS/c1-4-5-9-11-12(18(3)16-9)19(13(21)15-11)7-6-10-14-8(2)17-20-10/h4-7H2,1-3H3,(H,15,21). The van der Waals surface area contributed by atoms with Gasteiger partial charge in [-0.2, -0.15) is 10.1 Å². The largest absolute Gasteiger partial charge is 0.339 e. The molecule has 7 nitrogen and oxygen atoms in total. The van der Waals surface area contributed by atoms with E-state index in [0.29, 0.717) is 29.5 Å². The van der Waals surface area contributed by atoms with Crippen molar-refractivity contribution in [3.8, 4) is 0 Å². The lowest BCUT2D eigenvalue weighted by Gasteiger charge is -2.02. The highest BCUT2D eigenvalue weighted by atomic mass is 32.1. The van der Waals surface area contributed by atoms with Gasteiger partial charge in [-0.1, -0.05) is 18.5 Å². The van der Waals surface area contributed by atoms with Crippen LogP contribution in [0.4, 0.5) is 0 Å². The molecule has 0 saturated carbocycles. The molecule has 112 valence electrons. The van der Waals surface area contributed by atoms with Crippen LogP contribution in [-0.4, -0.2) is 29.5 Å². The molecule has 0 fully saturated rings. The van der Waals surface area contributed by atoms with Gasteiger partial charge in [-0.05, 0) is 25.6 Å². The highest BCUT2D eigenvalue weighted by molar-refractivity contribution is 7.71. The smallest absolute Gasteiger partial charge is 0.228 e. The fraction of sp³-hybridized carbons (Fsp3) is 0.538. The summed E-state index contributed by atoms with van der Waals surface area (Å²) in [5.41, 5.74) is 3.11. The minimum atomic E-state index is 0.625. The van der Waals surface area contributed by atoms with Gasteiger partial charge in [-0.15, -0.1) is 0 Å². The van der Waals surface area contributed by atoms with Gasteiger partial charge < -0.3 is 14.1 Å². The number of aromatic amines is 1. The zero-order valence-corrected chi connectivity index (χ0v) is 13.2. The van der Waals surface area contributed by atoms with Gasteiger partial charge in [0.15, 0.2) is 16.2 Å². The Hall–Kier alpha value is -1.96. The highest BCUT2D eigenvalue weighted by Gasteiger charge is 2.15. The van der Waals surface area contributed by atoms with Crippen LogP contribution < -0.4 is 0 Å². The molecular formula is C13H18N6OS. The summed E-state index contributed by atoms with van der Waals surface area (Å²) in [7, 11) is 1.94. The zero-order chi connectivity index (χ0) is 15.0. The number of imidazole rings is 1. The topological polar surface area (TPSA) is 77.5 Å². The molecule has 3 aromatic rings. The van der Waals surface area contributed by atoms with Crippen LogP contribution in [0.1, 0.15) is 30.8 Å². The van der Waals surface area contributed by atoms with E-state index in [4.69, 9.17) is 16.7 Å². The van der Waals surface area contributed by atoms with Crippen molar-refractivity contribution >= 4 is 23.4 Å². The first kappa shape index (κ1) is 14.0. The van der Waals surface area contributed by atoms with E-state index in [1.54, 1.807) is 0 Å². The molecule has 0 saturated heterocycles. The lowest BCUT2D eigenvalue weighted by atomic mass is 10.2. The fourth-order valence-electron chi connectivity index (χ4n) is 2.55. The highest BCUT2D eigenvalue weighted by Crippen LogP contribution is 2.19. The molecule has 1 N–H and O–H groups in total. The Morgan fingerprint density at radius 2 is 2.14 bits per heavy atom. The molecule has 21 heavy (non-hydrogen) atoms. The maximum absolute atomic E-state index is 5.43. The fourth-order valence-corrected chi connectivity index (χ4v) is 2.83. The molecule has 0 aliphatic rings. The Bertz CT molecular complexity index is 824. The van der Waals surface area contributed by atoms with Crippen LogP contribution in [0.15, 0.2) is 4.52 Å². The molecule has 0 amide bonds. The summed E-state index contributed by atoms with van der Waals surface area (Å²) < 4.78 is 9.77. The normalized spacial score (nSPS) is 11.6. The minimum absolute atomic E-state index is 0.625. The van der Waals surface area contributed by atoms with Crippen molar-refractivity contribution < 1.29 is 4.52 Å². The molecule has 0 atom stereocenters. The predicted octanol–water partition coefficient (Wildman–Crippen LogP) is 2.32.